The average molecular weight is 349 g/mol. The van der Waals surface area contributed by atoms with Crippen LogP contribution in [-0.4, -0.2) is 21.5 Å². The van der Waals surface area contributed by atoms with Crippen LogP contribution in [0.5, 0.6) is 0 Å². The van der Waals surface area contributed by atoms with Crippen molar-refractivity contribution in [1.82, 2.24) is 15.0 Å². The Labute approximate surface area is 134 Å². The van der Waals surface area contributed by atoms with Crippen molar-refractivity contribution >= 4 is 21.7 Å². The lowest BCUT2D eigenvalue weighted by Crippen LogP contribution is -2.10. The van der Waals surface area contributed by atoms with Gasteiger partial charge in [-0.2, -0.15) is 0 Å². The second-order valence-electron chi connectivity index (χ2n) is 5.30. The molecule has 4 nitrogen and oxygen atoms in total. The molecule has 1 N–H and O–H groups in total. The van der Waals surface area contributed by atoms with E-state index in [-0.39, 0.29) is 0 Å². The first-order valence-electron chi connectivity index (χ1n) is 7.30. The number of hydrogen-bond acceptors (Lipinski definition) is 4. The molecule has 5 heteroatoms. The summed E-state index contributed by atoms with van der Waals surface area (Å²) in [5.41, 5.74) is 2.22. The highest BCUT2D eigenvalue weighted by atomic mass is 79.9. The monoisotopic (exact) mass is 348 g/mol. The zero-order valence-electron chi connectivity index (χ0n) is 12.7. The Kier molecular flexibility index (Phi) is 5.67. The van der Waals surface area contributed by atoms with Gasteiger partial charge in [-0.05, 0) is 46.0 Å². The molecule has 0 fully saturated rings. The lowest BCUT2D eigenvalue weighted by molar-refractivity contribution is 0.782. The normalized spacial score (nSPS) is 10.9. The van der Waals surface area contributed by atoms with Crippen molar-refractivity contribution in [2.24, 2.45) is 0 Å². The Balaban J connectivity index is 2.34. The van der Waals surface area contributed by atoms with Crippen molar-refractivity contribution in [3.05, 3.63) is 46.1 Å². The van der Waals surface area contributed by atoms with Gasteiger partial charge in [0.25, 0.3) is 0 Å². The Bertz CT molecular complexity index is 584. The van der Waals surface area contributed by atoms with Gasteiger partial charge in [0, 0.05) is 25.4 Å². The van der Waals surface area contributed by atoms with Crippen LogP contribution < -0.4 is 5.32 Å². The molecule has 2 heterocycles. The SMILES string of the molecule is CCCNc1nc(Cc2ccncc2)nc(C(C)C)c1Br. The summed E-state index contributed by atoms with van der Waals surface area (Å²) in [5, 5.41) is 3.37. The van der Waals surface area contributed by atoms with Crippen molar-refractivity contribution in [2.45, 2.75) is 39.5 Å². The van der Waals surface area contributed by atoms with Gasteiger partial charge < -0.3 is 5.32 Å². The number of nitrogens with zero attached hydrogens (tertiary/aromatic N) is 3. The fourth-order valence-electron chi connectivity index (χ4n) is 2.02. The molecule has 0 unspecified atom stereocenters. The van der Waals surface area contributed by atoms with Crippen LogP contribution in [0.4, 0.5) is 5.82 Å². The van der Waals surface area contributed by atoms with Gasteiger partial charge in [0.15, 0.2) is 0 Å². The first kappa shape index (κ1) is 15.9. The standard InChI is InChI=1S/C16H21BrN4/c1-4-7-19-16-14(17)15(11(2)3)20-13(21-16)10-12-5-8-18-9-6-12/h5-6,8-9,11H,4,7,10H2,1-3H3,(H,19,20,21). The van der Waals surface area contributed by atoms with E-state index in [1.807, 2.05) is 12.1 Å². The van der Waals surface area contributed by atoms with E-state index in [0.717, 1.165) is 41.2 Å². The third-order valence-electron chi connectivity index (χ3n) is 3.12. The molecule has 0 aliphatic rings. The molecule has 21 heavy (non-hydrogen) atoms. The molecular formula is C16H21BrN4. The number of nitrogens with one attached hydrogen (secondary N) is 1. The first-order valence-corrected chi connectivity index (χ1v) is 8.10. The van der Waals surface area contributed by atoms with E-state index in [2.05, 4.69) is 52.0 Å². The molecule has 0 amide bonds. The summed E-state index contributed by atoms with van der Waals surface area (Å²) in [6.07, 6.45) is 5.38. The van der Waals surface area contributed by atoms with Crippen LogP contribution >= 0.6 is 15.9 Å². The summed E-state index contributed by atoms with van der Waals surface area (Å²) in [6, 6.07) is 4.00. The molecule has 0 saturated carbocycles. The van der Waals surface area contributed by atoms with Gasteiger partial charge >= 0.3 is 0 Å². The van der Waals surface area contributed by atoms with E-state index in [9.17, 15) is 0 Å². The third-order valence-corrected chi connectivity index (χ3v) is 3.91. The zero-order valence-corrected chi connectivity index (χ0v) is 14.3. The van der Waals surface area contributed by atoms with Crippen molar-refractivity contribution in [3.8, 4) is 0 Å². The minimum absolute atomic E-state index is 0.348. The van der Waals surface area contributed by atoms with E-state index >= 15 is 0 Å². The van der Waals surface area contributed by atoms with Crippen LogP contribution in [0.3, 0.4) is 0 Å². The van der Waals surface area contributed by atoms with E-state index in [4.69, 9.17) is 4.98 Å². The maximum Gasteiger partial charge on any atom is 0.144 e. The highest BCUT2D eigenvalue weighted by Gasteiger charge is 2.15. The van der Waals surface area contributed by atoms with Gasteiger partial charge in [0.05, 0.1) is 10.2 Å². The zero-order chi connectivity index (χ0) is 15.2. The van der Waals surface area contributed by atoms with Crippen LogP contribution in [0.15, 0.2) is 29.0 Å². The average Bonchev–Trinajstić information content (AvgIpc) is 2.48. The Morgan fingerprint density at radius 2 is 1.90 bits per heavy atom. The maximum absolute atomic E-state index is 4.72. The molecular weight excluding hydrogens is 328 g/mol. The molecule has 0 atom stereocenters. The van der Waals surface area contributed by atoms with Gasteiger partial charge in [0.1, 0.15) is 11.6 Å². The van der Waals surface area contributed by atoms with Gasteiger partial charge in [-0.25, -0.2) is 9.97 Å². The fraction of sp³-hybridized carbons (Fsp3) is 0.438. The minimum atomic E-state index is 0.348. The molecule has 0 bridgehead atoms. The molecule has 0 spiro atoms. The number of halogens is 1. The van der Waals surface area contributed by atoms with E-state index in [1.54, 1.807) is 12.4 Å². The topological polar surface area (TPSA) is 50.7 Å². The molecule has 2 aromatic rings. The molecule has 0 aromatic carbocycles. The van der Waals surface area contributed by atoms with Crippen molar-refractivity contribution in [1.29, 1.82) is 0 Å². The third kappa shape index (κ3) is 4.24. The lowest BCUT2D eigenvalue weighted by atomic mass is 10.1. The summed E-state index contributed by atoms with van der Waals surface area (Å²) in [7, 11) is 0. The Morgan fingerprint density at radius 1 is 1.19 bits per heavy atom. The van der Waals surface area contributed by atoms with Gasteiger partial charge in [-0.3, -0.25) is 4.98 Å². The predicted molar refractivity (Wildman–Crippen MR) is 89.6 cm³/mol. The van der Waals surface area contributed by atoms with Crippen LogP contribution in [0.2, 0.25) is 0 Å². The first-order chi connectivity index (χ1) is 10.1. The van der Waals surface area contributed by atoms with Crippen LogP contribution in [0.25, 0.3) is 0 Å². The molecule has 0 radical (unpaired) electrons. The number of anilines is 1. The van der Waals surface area contributed by atoms with E-state index < -0.39 is 0 Å². The van der Waals surface area contributed by atoms with Crippen LogP contribution in [0.1, 0.15) is 50.2 Å². The summed E-state index contributed by atoms with van der Waals surface area (Å²) in [6.45, 7) is 7.34. The molecule has 0 saturated heterocycles. The Morgan fingerprint density at radius 3 is 2.52 bits per heavy atom. The Hall–Kier alpha value is -1.49. The van der Waals surface area contributed by atoms with Crippen molar-refractivity contribution in [2.75, 3.05) is 11.9 Å². The summed E-state index contributed by atoms with van der Waals surface area (Å²) >= 11 is 3.63. The van der Waals surface area contributed by atoms with Gasteiger partial charge in [-0.1, -0.05) is 20.8 Å². The van der Waals surface area contributed by atoms with Crippen molar-refractivity contribution in [3.63, 3.8) is 0 Å². The fourth-order valence-corrected chi connectivity index (χ4v) is 2.79. The van der Waals surface area contributed by atoms with Crippen molar-refractivity contribution < 1.29 is 0 Å². The highest BCUT2D eigenvalue weighted by Crippen LogP contribution is 2.29. The quantitative estimate of drug-likeness (QED) is 0.850. The van der Waals surface area contributed by atoms with Crippen LogP contribution in [-0.2, 0) is 6.42 Å². The largest absolute Gasteiger partial charge is 0.369 e. The van der Waals surface area contributed by atoms with Gasteiger partial charge in [0.2, 0.25) is 0 Å². The molecule has 2 aromatic heterocycles. The van der Waals surface area contributed by atoms with Gasteiger partial charge in [-0.15, -0.1) is 0 Å². The molecule has 2 rings (SSSR count). The van der Waals surface area contributed by atoms with E-state index in [0.29, 0.717) is 5.92 Å². The number of aromatic nitrogens is 3. The second kappa shape index (κ2) is 7.50. The minimum Gasteiger partial charge on any atom is -0.369 e. The maximum atomic E-state index is 4.72. The van der Waals surface area contributed by atoms with E-state index in [1.165, 1.54) is 5.56 Å². The summed E-state index contributed by atoms with van der Waals surface area (Å²) in [4.78, 5) is 13.4. The lowest BCUT2D eigenvalue weighted by Gasteiger charge is -2.14. The summed E-state index contributed by atoms with van der Waals surface area (Å²) < 4.78 is 0.976. The molecule has 0 aliphatic carbocycles. The molecule has 0 aliphatic heterocycles. The highest BCUT2D eigenvalue weighted by molar-refractivity contribution is 9.10. The van der Waals surface area contributed by atoms with Crippen LogP contribution in [0, 0.1) is 0 Å². The number of rotatable bonds is 6. The predicted octanol–water partition coefficient (Wildman–Crippen LogP) is 4.17. The smallest absolute Gasteiger partial charge is 0.144 e. The second-order valence-corrected chi connectivity index (χ2v) is 6.09. The molecule has 112 valence electrons. The number of hydrogen-bond donors (Lipinski definition) is 1. The number of pyridine rings is 1. The summed E-state index contributed by atoms with van der Waals surface area (Å²) in [5.74, 6) is 2.08.